The van der Waals surface area contributed by atoms with Crippen molar-refractivity contribution in [3.05, 3.63) is 48.8 Å². The lowest BCUT2D eigenvalue weighted by atomic mass is 10.1. The SMILES string of the molecule is O=C(CCNS(=O)(=O)c1ccc2ccccc2c1)Nc1ncn[nH]1. The van der Waals surface area contributed by atoms with E-state index in [0.717, 1.165) is 10.8 Å². The number of nitrogens with zero attached hydrogens (tertiary/aromatic N) is 2. The van der Waals surface area contributed by atoms with Crippen LogP contribution in [0.3, 0.4) is 0 Å². The molecule has 124 valence electrons. The number of hydrogen-bond donors (Lipinski definition) is 3. The van der Waals surface area contributed by atoms with Crippen molar-refractivity contribution in [2.45, 2.75) is 11.3 Å². The molecule has 2 aromatic carbocycles. The van der Waals surface area contributed by atoms with Crippen LogP contribution in [-0.4, -0.2) is 36.1 Å². The van der Waals surface area contributed by atoms with Gasteiger partial charge in [0, 0.05) is 13.0 Å². The minimum atomic E-state index is -3.68. The molecule has 0 aliphatic carbocycles. The Morgan fingerprint density at radius 2 is 1.92 bits per heavy atom. The first-order valence-corrected chi connectivity index (χ1v) is 8.66. The maximum Gasteiger partial charge on any atom is 0.240 e. The van der Waals surface area contributed by atoms with Gasteiger partial charge in [0.2, 0.25) is 21.9 Å². The van der Waals surface area contributed by atoms with E-state index in [9.17, 15) is 13.2 Å². The number of aromatic nitrogens is 3. The summed E-state index contributed by atoms with van der Waals surface area (Å²) >= 11 is 0. The normalized spacial score (nSPS) is 11.5. The van der Waals surface area contributed by atoms with Crippen LogP contribution < -0.4 is 10.0 Å². The number of hydrogen-bond acceptors (Lipinski definition) is 5. The minimum absolute atomic E-state index is 0.0187. The summed E-state index contributed by atoms with van der Waals surface area (Å²) in [5, 5.41) is 10.3. The summed E-state index contributed by atoms with van der Waals surface area (Å²) in [7, 11) is -3.68. The molecular formula is C15H15N5O3S. The van der Waals surface area contributed by atoms with Gasteiger partial charge in [0.25, 0.3) is 0 Å². The van der Waals surface area contributed by atoms with Crippen LogP contribution in [0.4, 0.5) is 5.95 Å². The molecule has 3 rings (SSSR count). The predicted octanol–water partition coefficient (Wildman–Crippen LogP) is 1.26. The lowest BCUT2D eigenvalue weighted by Gasteiger charge is -2.07. The Labute approximate surface area is 138 Å². The second-order valence-corrected chi connectivity index (χ2v) is 6.81. The fraction of sp³-hybridized carbons (Fsp3) is 0.133. The molecule has 0 fully saturated rings. The van der Waals surface area contributed by atoms with Crippen molar-refractivity contribution >= 4 is 32.7 Å². The number of H-pyrrole nitrogens is 1. The fourth-order valence-electron chi connectivity index (χ4n) is 2.18. The van der Waals surface area contributed by atoms with Gasteiger partial charge in [0.15, 0.2) is 0 Å². The van der Waals surface area contributed by atoms with Gasteiger partial charge in [-0.2, -0.15) is 10.1 Å². The van der Waals surface area contributed by atoms with Gasteiger partial charge >= 0.3 is 0 Å². The van der Waals surface area contributed by atoms with E-state index in [2.05, 4.69) is 25.2 Å². The number of anilines is 1. The van der Waals surface area contributed by atoms with Crippen molar-refractivity contribution in [1.82, 2.24) is 19.9 Å². The number of nitrogens with one attached hydrogen (secondary N) is 3. The van der Waals surface area contributed by atoms with Crippen LogP contribution in [0.25, 0.3) is 10.8 Å². The second-order valence-electron chi connectivity index (χ2n) is 5.04. The quantitative estimate of drug-likeness (QED) is 0.622. The highest BCUT2D eigenvalue weighted by Gasteiger charge is 2.15. The van der Waals surface area contributed by atoms with E-state index in [1.807, 2.05) is 24.3 Å². The lowest BCUT2D eigenvalue weighted by molar-refractivity contribution is -0.116. The Balaban J connectivity index is 1.61. The van der Waals surface area contributed by atoms with Gasteiger partial charge in [-0.15, -0.1) is 0 Å². The molecule has 0 radical (unpaired) electrons. The molecule has 0 spiro atoms. The van der Waals surface area contributed by atoms with E-state index < -0.39 is 10.0 Å². The van der Waals surface area contributed by atoms with Crippen molar-refractivity contribution in [3.8, 4) is 0 Å². The maximum absolute atomic E-state index is 12.3. The fourth-order valence-corrected chi connectivity index (χ4v) is 3.24. The molecule has 1 aromatic heterocycles. The topological polar surface area (TPSA) is 117 Å². The van der Waals surface area contributed by atoms with E-state index in [1.165, 1.54) is 6.33 Å². The number of benzene rings is 2. The first-order chi connectivity index (χ1) is 11.5. The number of carbonyl (C=O) groups is 1. The summed E-state index contributed by atoms with van der Waals surface area (Å²) < 4.78 is 27.0. The summed E-state index contributed by atoms with van der Waals surface area (Å²) in [4.78, 5) is 15.6. The Hall–Kier alpha value is -2.78. The van der Waals surface area contributed by atoms with Crippen molar-refractivity contribution in [2.75, 3.05) is 11.9 Å². The van der Waals surface area contributed by atoms with Crippen LogP contribution >= 0.6 is 0 Å². The molecule has 0 unspecified atom stereocenters. The predicted molar refractivity (Wildman–Crippen MR) is 88.8 cm³/mol. The summed E-state index contributed by atoms with van der Waals surface area (Å²) in [5.74, 6) is -0.148. The van der Waals surface area contributed by atoms with Gasteiger partial charge in [0.05, 0.1) is 4.90 Å². The van der Waals surface area contributed by atoms with Crippen molar-refractivity contribution in [2.24, 2.45) is 0 Å². The van der Waals surface area contributed by atoms with Crippen LogP contribution in [0.15, 0.2) is 53.7 Å². The van der Waals surface area contributed by atoms with Crippen LogP contribution in [0.1, 0.15) is 6.42 Å². The second kappa shape index (κ2) is 6.77. The van der Waals surface area contributed by atoms with Gasteiger partial charge in [-0.1, -0.05) is 30.3 Å². The third-order valence-corrected chi connectivity index (χ3v) is 4.81. The van der Waals surface area contributed by atoms with Crippen LogP contribution in [0.5, 0.6) is 0 Å². The van der Waals surface area contributed by atoms with Crippen LogP contribution in [-0.2, 0) is 14.8 Å². The first kappa shape index (κ1) is 16.1. The summed E-state index contributed by atoms with van der Waals surface area (Å²) in [5.41, 5.74) is 0. The summed E-state index contributed by atoms with van der Waals surface area (Å²) in [6, 6.07) is 12.4. The smallest absolute Gasteiger partial charge is 0.240 e. The largest absolute Gasteiger partial charge is 0.295 e. The molecule has 0 saturated carbocycles. The number of rotatable bonds is 6. The number of fused-ring (bicyclic) bond motifs is 1. The number of aromatic amines is 1. The molecule has 0 bridgehead atoms. The highest BCUT2D eigenvalue weighted by molar-refractivity contribution is 7.89. The number of carbonyl (C=O) groups excluding carboxylic acids is 1. The van der Waals surface area contributed by atoms with Crippen LogP contribution in [0, 0.1) is 0 Å². The molecule has 0 atom stereocenters. The minimum Gasteiger partial charge on any atom is -0.295 e. The maximum atomic E-state index is 12.3. The average molecular weight is 345 g/mol. The lowest BCUT2D eigenvalue weighted by Crippen LogP contribution is -2.28. The van der Waals surface area contributed by atoms with E-state index in [1.54, 1.807) is 18.2 Å². The molecule has 3 aromatic rings. The molecule has 1 heterocycles. The Morgan fingerprint density at radius 1 is 1.12 bits per heavy atom. The third kappa shape index (κ3) is 3.76. The summed E-state index contributed by atoms with van der Waals surface area (Å²) in [6.45, 7) is -0.0187. The Morgan fingerprint density at radius 3 is 2.67 bits per heavy atom. The standard InChI is InChI=1S/C15H15N5O3S/c21-14(19-15-16-10-17-20-15)7-8-18-24(22,23)13-6-5-11-3-1-2-4-12(11)9-13/h1-6,9-10,18H,7-8H2,(H2,16,17,19,20,21). The van der Waals surface area contributed by atoms with Gasteiger partial charge in [-0.05, 0) is 22.9 Å². The molecule has 3 N–H and O–H groups in total. The zero-order valence-electron chi connectivity index (χ0n) is 12.6. The highest BCUT2D eigenvalue weighted by atomic mass is 32.2. The molecule has 24 heavy (non-hydrogen) atoms. The van der Waals surface area contributed by atoms with Gasteiger partial charge in [-0.25, -0.2) is 18.2 Å². The van der Waals surface area contributed by atoms with Gasteiger partial charge in [-0.3, -0.25) is 10.1 Å². The first-order valence-electron chi connectivity index (χ1n) is 7.18. The zero-order valence-corrected chi connectivity index (χ0v) is 13.4. The van der Waals surface area contributed by atoms with E-state index in [-0.39, 0.29) is 29.7 Å². The van der Waals surface area contributed by atoms with Crippen molar-refractivity contribution in [3.63, 3.8) is 0 Å². The number of amides is 1. The van der Waals surface area contributed by atoms with Crippen molar-refractivity contribution < 1.29 is 13.2 Å². The monoisotopic (exact) mass is 345 g/mol. The molecular weight excluding hydrogens is 330 g/mol. The Kier molecular flexibility index (Phi) is 4.54. The summed E-state index contributed by atoms with van der Waals surface area (Å²) in [6.07, 6.45) is 1.24. The molecule has 0 aliphatic heterocycles. The van der Waals surface area contributed by atoms with Crippen molar-refractivity contribution in [1.29, 1.82) is 0 Å². The molecule has 0 saturated heterocycles. The zero-order chi connectivity index (χ0) is 17.0. The molecule has 1 amide bonds. The molecule has 0 aliphatic rings. The highest BCUT2D eigenvalue weighted by Crippen LogP contribution is 2.18. The van der Waals surface area contributed by atoms with E-state index in [0.29, 0.717) is 0 Å². The Bertz CT molecular complexity index is 954. The molecule has 9 heteroatoms. The average Bonchev–Trinajstić information content (AvgIpc) is 3.07. The number of sulfonamides is 1. The molecule has 8 nitrogen and oxygen atoms in total. The van der Waals surface area contributed by atoms with Gasteiger partial charge < -0.3 is 0 Å². The van der Waals surface area contributed by atoms with E-state index >= 15 is 0 Å². The third-order valence-electron chi connectivity index (χ3n) is 3.35. The van der Waals surface area contributed by atoms with Gasteiger partial charge in [0.1, 0.15) is 6.33 Å². The van der Waals surface area contributed by atoms with Crippen LogP contribution in [0.2, 0.25) is 0 Å². The van der Waals surface area contributed by atoms with E-state index in [4.69, 9.17) is 0 Å².